The lowest BCUT2D eigenvalue weighted by Crippen LogP contribution is -2.14. The molecule has 0 aliphatic rings. The van der Waals surface area contributed by atoms with E-state index in [2.05, 4.69) is 4.98 Å². The lowest BCUT2D eigenvalue weighted by atomic mass is 10.3. The van der Waals surface area contributed by atoms with Crippen molar-refractivity contribution in [2.75, 3.05) is 12.4 Å². The first kappa shape index (κ1) is 13.2. The molecule has 88 valence electrons. The topological polar surface area (TPSA) is 90.7 Å². The molecule has 5 nitrogen and oxygen atoms in total. The first-order valence-corrected chi connectivity index (χ1v) is 5.72. The van der Waals surface area contributed by atoms with Crippen molar-refractivity contribution in [1.82, 2.24) is 4.98 Å². The van der Waals surface area contributed by atoms with Gasteiger partial charge in [0.1, 0.15) is 0 Å². The maximum absolute atomic E-state index is 10.7. The number of aromatic nitrogens is 1. The minimum atomic E-state index is -1.20. The van der Waals surface area contributed by atoms with E-state index in [9.17, 15) is 4.79 Å². The number of nitrogens with zero attached hydrogens (tertiary/aromatic N) is 1. The van der Waals surface area contributed by atoms with E-state index in [-0.39, 0.29) is 23.1 Å². The first-order valence-electron chi connectivity index (χ1n) is 4.36. The van der Waals surface area contributed by atoms with Crippen molar-refractivity contribution in [1.29, 1.82) is 0 Å². The maximum Gasteiger partial charge on any atom is 0.356 e. The largest absolute Gasteiger partial charge is 0.476 e. The van der Waals surface area contributed by atoms with Gasteiger partial charge in [-0.05, 0) is 12.1 Å². The SMILES string of the molecule is O=C(O)c1nc(SCC(O)CO)ccc1Cl. The van der Waals surface area contributed by atoms with Gasteiger partial charge in [-0.1, -0.05) is 11.6 Å². The van der Waals surface area contributed by atoms with E-state index in [1.165, 1.54) is 6.07 Å². The number of pyridine rings is 1. The molecule has 0 bridgehead atoms. The van der Waals surface area contributed by atoms with E-state index in [4.69, 9.17) is 26.9 Å². The Morgan fingerprint density at radius 1 is 1.56 bits per heavy atom. The van der Waals surface area contributed by atoms with Crippen molar-refractivity contribution in [3.63, 3.8) is 0 Å². The summed E-state index contributed by atoms with van der Waals surface area (Å²) in [6.45, 7) is -0.341. The second-order valence-electron chi connectivity index (χ2n) is 2.93. The highest BCUT2D eigenvalue weighted by Crippen LogP contribution is 2.21. The van der Waals surface area contributed by atoms with Crippen LogP contribution in [0.2, 0.25) is 5.02 Å². The van der Waals surface area contributed by atoms with E-state index in [1.807, 2.05) is 0 Å². The number of hydrogen-bond acceptors (Lipinski definition) is 5. The summed E-state index contributed by atoms with van der Waals surface area (Å²) in [6.07, 6.45) is -0.851. The normalized spacial score (nSPS) is 12.4. The summed E-state index contributed by atoms with van der Waals surface area (Å²) >= 11 is 6.79. The van der Waals surface area contributed by atoms with Crippen molar-refractivity contribution < 1.29 is 20.1 Å². The average molecular weight is 264 g/mol. The molecule has 1 heterocycles. The van der Waals surface area contributed by atoms with Crippen molar-refractivity contribution >= 4 is 29.3 Å². The van der Waals surface area contributed by atoms with Crippen LogP contribution in [0.15, 0.2) is 17.2 Å². The fourth-order valence-corrected chi connectivity index (χ4v) is 1.86. The molecule has 1 aromatic rings. The molecule has 1 rings (SSSR count). The summed E-state index contributed by atoms with van der Waals surface area (Å²) in [5, 5.41) is 27.0. The highest BCUT2D eigenvalue weighted by Gasteiger charge is 2.12. The Balaban J connectivity index is 2.75. The molecule has 0 aliphatic heterocycles. The standard InChI is InChI=1S/C9H10ClNO4S/c10-6-1-2-7(11-8(6)9(14)15)16-4-5(13)3-12/h1-2,5,12-13H,3-4H2,(H,14,15). The highest BCUT2D eigenvalue weighted by molar-refractivity contribution is 7.99. The van der Waals surface area contributed by atoms with Crippen molar-refractivity contribution in [2.45, 2.75) is 11.1 Å². The van der Waals surface area contributed by atoms with Crippen LogP contribution in [0.4, 0.5) is 0 Å². The molecule has 7 heteroatoms. The highest BCUT2D eigenvalue weighted by atomic mass is 35.5. The van der Waals surface area contributed by atoms with E-state index in [0.29, 0.717) is 5.03 Å². The fraction of sp³-hybridized carbons (Fsp3) is 0.333. The number of carbonyl (C=O) groups is 1. The van der Waals surface area contributed by atoms with E-state index < -0.39 is 12.1 Å². The smallest absolute Gasteiger partial charge is 0.356 e. The monoisotopic (exact) mass is 263 g/mol. The number of thioether (sulfide) groups is 1. The fourth-order valence-electron chi connectivity index (χ4n) is 0.889. The van der Waals surface area contributed by atoms with Gasteiger partial charge < -0.3 is 15.3 Å². The van der Waals surface area contributed by atoms with Gasteiger partial charge in [0.15, 0.2) is 5.69 Å². The molecule has 0 spiro atoms. The van der Waals surface area contributed by atoms with Gasteiger partial charge in [0.05, 0.1) is 22.8 Å². The Hall–Kier alpha value is -0.820. The summed E-state index contributed by atoms with van der Waals surface area (Å²) < 4.78 is 0. The third kappa shape index (κ3) is 3.64. The molecule has 1 unspecified atom stereocenters. The van der Waals surface area contributed by atoms with Gasteiger partial charge >= 0.3 is 5.97 Å². The molecule has 0 amide bonds. The number of hydrogen-bond donors (Lipinski definition) is 3. The minimum Gasteiger partial charge on any atom is -0.476 e. The average Bonchev–Trinajstić information content (AvgIpc) is 2.27. The molecule has 0 aliphatic carbocycles. The summed E-state index contributed by atoms with van der Waals surface area (Å²) in [6, 6.07) is 3.00. The predicted octanol–water partition coefficient (Wildman–Crippen LogP) is 0.878. The summed E-state index contributed by atoms with van der Waals surface area (Å²) in [5.41, 5.74) is -0.217. The van der Waals surface area contributed by atoms with Crippen LogP contribution >= 0.6 is 23.4 Å². The van der Waals surface area contributed by atoms with Crippen LogP contribution in [0.3, 0.4) is 0 Å². The van der Waals surface area contributed by atoms with Gasteiger partial charge in [0, 0.05) is 5.75 Å². The number of aliphatic hydroxyl groups excluding tert-OH is 2. The Bertz CT molecular complexity index is 388. The van der Waals surface area contributed by atoms with Gasteiger partial charge in [0.25, 0.3) is 0 Å². The maximum atomic E-state index is 10.7. The predicted molar refractivity (Wildman–Crippen MR) is 60.0 cm³/mol. The Morgan fingerprint density at radius 2 is 2.25 bits per heavy atom. The molecule has 1 aromatic heterocycles. The summed E-state index contributed by atoms with van der Waals surface area (Å²) in [4.78, 5) is 14.5. The van der Waals surface area contributed by atoms with Gasteiger partial charge in [-0.15, -0.1) is 11.8 Å². The van der Waals surface area contributed by atoms with Crippen LogP contribution in [0.1, 0.15) is 10.5 Å². The lowest BCUT2D eigenvalue weighted by Gasteiger charge is -2.06. The van der Waals surface area contributed by atoms with Gasteiger partial charge in [0.2, 0.25) is 0 Å². The minimum absolute atomic E-state index is 0.0690. The molecule has 0 radical (unpaired) electrons. The number of aromatic carboxylic acids is 1. The number of carboxylic acids is 1. The Labute approximate surface area is 101 Å². The van der Waals surface area contributed by atoms with E-state index in [0.717, 1.165) is 11.8 Å². The van der Waals surface area contributed by atoms with Crippen LogP contribution in [0, 0.1) is 0 Å². The number of rotatable bonds is 5. The second-order valence-corrected chi connectivity index (χ2v) is 4.38. The van der Waals surface area contributed by atoms with E-state index in [1.54, 1.807) is 6.07 Å². The zero-order valence-electron chi connectivity index (χ0n) is 8.13. The van der Waals surface area contributed by atoms with Crippen LogP contribution in [0.5, 0.6) is 0 Å². The molecule has 0 saturated heterocycles. The Kier molecular flexibility index (Phi) is 5.01. The van der Waals surface area contributed by atoms with Crippen LogP contribution in [-0.4, -0.2) is 44.7 Å². The van der Waals surface area contributed by atoms with E-state index >= 15 is 0 Å². The molecular weight excluding hydrogens is 254 g/mol. The lowest BCUT2D eigenvalue weighted by molar-refractivity contribution is 0.0690. The van der Waals surface area contributed by atoms with Crippen molar-refractivity contribution in [3.05, 3.63) is 22.8 Å². The van der Waals surface area contributed by atoms with Crippen molar-refractivity contribution in [3.8, 4) is 0 Å². The number of halogens is 1. The number of carboxylic acid groups (broad SMARTS) is 1. The summed E-state index contributed by atoms with van der Waals surface area (Å²) in [5.74, 6) is -0.959. The van der Waals surface area contributed by atoms with Gasteiger partial charge in [-0.25, -0.2) is 9.78 Å². The second kappa shape index (κ2) is 6.05. The molecule has 0 fully saturated rings. The molecule has 3 N–H and O–H groups in total. The van der Waals surface area contributed by atoms with Crippen LogP contribution in [0.25, 0.3) is 0 Å². The quantitative estimate of drug-likeness (QED) is 0.683. The van der Waals surface area contributed by atoms with Crippen LogP contribution in [-0.2, 0) is 0 Å². The molecular formula is C9H10ClNO4S. The molecule has 1 atom stereocenters. The zero-order valence-corrected chi connectivity index (χ0v) is 9.70. The van der Waals surface area contributed by atoms with Crippen molar-refractivity contribution in [2.24, 2.45) is 0 Å². The van der Waals surface area contributed by atoms with Gasteiger partial charge in [-0.3, -0.25) is 0 Å². The van der Waals surface area contributed by atoms with Crippen LogP contribution < -0.4 is 0 Å². The first-order chi connectivity index (χ1) is 7.54. The summed E-state index contributed by atoms with van der Waals surface area (Å²) in [7, 11) is 0. The third-order valence-corrected chi connectivity index (χ3v) is 3.04. The third-order valence-electron chi connectivity index (χ3n) is 1.66. The molecule has 0 saturated carbocycles. The Morgan fingerprint density at radius 3 is 2.81 bits per heavy atom. The number of aliphatic hydroxyl groups is 2. The molecule has 16 heavy (non-hydrogen) atoms. The zero-order chi connectivity index (χ0) is 12.1. The molecule has 0 aromatic carbocycles. The van der Waals surface area contributed by atoms with Gasteiger partial charge in [-0.2, -0.15) is 0 Å².